The molecule has 0 saturated carbocycles. The standard InChI is InChI=1S/C16H12F3NO3/c1-21-12-3-4-15(22-2)14(8-12)11-5-10(9-20)6-13(7-11)23-16(17,18)19/h3-8H,1-2H3. The van der Waals surface area contributed by atoms with Crippen LogP contribution >= 0.6 is 0 Å². The molecule has 2 aromatic rings. The SMILES string of the molecule is COc1ccc(OC)c(-c2cc(C#N)cc(OC(F)(F)F)c2)c1. The van der Waals surface area contributed by atoms with Crippen LogP contribution in [0, 0.1) is 11.3 Å². The number of alkyl halides is 3. The molecule has 4 nitrogen and oxygen atoms in total. The maximum Gasteiger partial charge on any atom is 0.573 e. The van der Waals surface area contributed by atoms with Gasteiger partial charge in [0.2, 0.25) is 0 Å². The Morgan fingerprint density at radius 2 is 1.70 bits per heavy atom. The van der Waals surface area contributed by atoms with Crippen molar-refractivity contribution in [3.05, 3.63) is 42.0 Å². The maximum absolute atomic E-state index is 12.4. The van der Waals surface area contributed by atoms with Crippen molar-refractivity contribution >= 4 is 0 Å². The summed E-state index contributed by atoms with van der Waals surface area (Å²) in [5, 5.41) is 9.02. The lowest BCUT2D eigenvalue weighted by atomic mass is 10.0. The van der Waals surface area contributed by atoms with Gasteiger partial charge in [0.1, 0.15) is 17.2 Å². The molecule has 0 heterocycles. The fraction of sp³-hybridized carbons (Fsp3) is 0.188. The molecular weight excluding hydrogens is 311 g/mol. The molecule has 120 valence electrons. The van der Waals surface area contributed by atoms with Crippen molar-refractivity contribution in [3.8, 4) is 34.4 Å². The van der Waals surface area contributed by atoms with Crippen molar-refractivity contribution in [1.82, 2.24) is 0 Å². The van der Waals surface area contributed by atoms with Crippen molar-refractivity contribution in [3.63, 3.8) is 0 Å². The highest BCUT2D eigenvalue weighted by molar-refractivity contribution is 5.74. The summed E-state index contributed by atoms with van der Waals surface area (Å²) in [5.41, 5.74) is 0.863. The van der Waals surface area contributed by atoms with E-state index in [2.05, 4.69) is 4.74 Å². The van der Waals surface area contributed by atoms with Crippen molar-refractivity contribution < 1.29 is 27.4 Å². The fourth-order valence-electron chi connectivity index (χ4n) is 2.05. The monoisotopic (exact) mass is 323 g/mol. The average Bonchev–Trinajstić information content (AvgIpc) is 2.52. The van der Waals surface area contributed by atoms with Gasteiger partial charge >= 0.3 is 6.36 Å². The molecule has 0 spiro atoms. The van der Waals surface area contributed by atoms with Gasteiger partial charge in [-0.15, -0.1) is 13.2 Å². The summed E-state index contributed by atoms with van der Waals surface area (Å²) in [4.78, 5) is 0. The average molecular weight is 323 g/mol. The van der Waals surface area contributed by atoms with Crippen LogP contribution in [0.25, 0.3) is 11.1 Å². The van der Waals surface area contributed by atoms with Gasteiger partial charge in [-0.25, -0.2) is 0 Å². The van der Waals surface area contributed by atoms with Crippen LogP contribution in [0.1, 0.15) is 5.56 Å². The summed E-state index contributed by atoms with van der Waals surface area (Å²) >= 11 is 0. The lowest BCUT2D eigenvalue weighted by Crippen LogP contribution is -2.17. The largest absolute Gasteiger partial charge is 0.573 e. The van der Waals surface area contributed by atoms with Gasteiger partial charge < -0.3 is 14.2 Å². The number of ether oxygens (including phenoxy) is 3. The molecule has 2 rings (SSSR count). The lowest BCUT2D eigenvalue weighted by molar-refractivity contribution is -0.274. The van der Waals surface area contributed by atoms with Gasteiger partial charge in [-0.1, -0.05) is 0 Å². The number of methoxy groups -OCH3 is 2. The Morgan fingerprint density at radius 1 is 0.957 bits per heavy atom. The minimum absolute atomic E-state index is 0.0339. The topological polar surface area (TPSA) is 51.5 Å². The maximum atomic E-state index is 12.4. The van der Waals surface area contributed by atoms with E-state index >= 15 is 0 Å². The predicted octanol–water partition coefficient (Wildman–Crippen LogP) is 4.14. The molecule has 7 heteroatoms. The van der Waals surface area contributed by atoms with Gasteiger partial charge in [-0.05, 0) is 42.0 Å². The summed E-state index contributed by atoms with van der Waals surface area (Å²) in [7, 11) is 2.90. The van der Waals surface area contributed by atoms with Gasteiger partial charge in [0.15, 0.2) is 0 Å². The van der Waals surface area contributed by atoms with Crippen LogP contribution in [0.3, 0.4) is 0 Å². The van der Waals surface area contributed by atoms with Crippen molar-refractivity contribution in [2.45, 2.75) is 6.36 Å². The Morgan fingerprint density at radius 3 is 2.26 bits per heavy atom. The summed E-state index contributed by atoms with van der Waals surface area (Å²) in [6.45, 7) is 0. The first kappa shape index (κ1) is 16.5. The van der Waals surface area contributed by atoms with E-state index in [0.29, 0.717) is 22.6 Å². The number of halogens is 3. The van der Waals surface area contributed by atoms with Crippen LogP contribution in [-0.4, -0.2) is 20.6 Å². The van der Waals surface area contributed by atoms with E-state index in [-0.39, 0.29) is 5.56 Å². The number of hydrogen-bond donors (Lipinski definition) is 0. The number of hydrogen-bond acceptors (Lipinski definition) is 4. The second-order valence-electron chi connectivity index (χ2n) is 4.47. The molecule has 0 aromatic heterocycles. The lowest BCUT2D eigenvalue weighted by Gasteiger charge is -2.14. The second-order valence-corrected chi connectivity index (χ2v) is 4.47. The van der Waals surface area contributed by atoms with Crippen LogP contribution in [0.2, 0.25) is 0 Å². The smallest absolute Gasteiger partial charge is 0.497 e. The minimum Gasteiger partial charge on any atom is -0.497 e. The first-order valence-corrected chi connectivity index (χ1v) is 6.39. The first-order chi connectivity index (χ1) is 10.9. The Labute approximate surface area is 130 Å². The molecule has 0 fully saturated rings. The van der Waals surface area contributed by atoms with Crippen LogP contribution in [0.5, 0.6) is 17.2 Å². The molecule has 0 aliphatic rings. The number of nitrogens with zero attached hydrogens (tertiary/aromatic N) is 1. The summed E-state index contributed by atoms with van der Waals surface area (Å²) in [6.07, 6.45) is -4.84. The zero-order valence-corrected chi connectivity index (χ0v) is 12.3. The van der Waals surface area contributed by atoms with E-state index in [9.17, 15) is 13.2 Å². The van der Waals surface area contributed by atoms with E-state index < -0.39 is 12.1 Å². The zero-order chi connectivity index (χ0) is 17.0. The van der Waals surface area contributed by atoms with E-state index in [1.165, 1.54) is 26.4 Å². The Bertz CT molecular complexity index is 751. The fourth-order valence-corrected chi connectivity index (χ4v) is 2.05. The van der Waals surface area contributed by atoms with Gasteiger partial charge in [-0.2, -0.15) is 5.26 Å². The molecule has 0 saturated heterocycles. The summed E-state index contributed by atoms with van der Waals surface area (Å²) < 4.78 is 51.5. The minimum atomic E-state index is -4.84. The van der Waals surface area contributed by atoms with Crippen LogP contribution in [0.4, 0.5) is 13.2 Å². The molecule has 0 radical (unpaired) electrons. The summed E-state index contributed by atoms with van der Waals surface area (Å²) in [5.74, 6) is 0.455. The first-order valence-electron chi connectivity index (χ1n) is 6.39. The Balaban J connectivity index is 2.59. The Hall–Kier alpha value is -2.88. The molecule has 0 unspecified atom stereocenters. The molecule has 0 aliphatic heterocycles. The molecule has 0 aliphatic carbocycles. The molecule has 0 bridgehead atoms. The van der Waals surface area contributed by atoms with E-state index in [4.69, 9.17) is 14.7 Å². The van der Waals surface area contributed by atoms with E-state index in [1.54, 1.807) is 18.2 Å². The highest BCUT2D eigenvalue weighted by Gasteiger charge is 2.31. The predicted molar refractivity (Wildman–Crippen MR) is 76.4 cm³/mol. The van der Waals surface area contributed by atoms with Gasteiger partial charge in [0.05, 0.1) is 25.9 Å². The van der Waals surface area contributed by atoms with E-state index in [0.717, 1.165) is 6.07 Å². The number of rotatable bonds is 4. The second kappa shape index (κ2) is 6.48. The van der Waals surface area contributed by atoms with Crippen molar-refractivity contribution in [2.24, 2.45) is 0 Å². The van der Waals surface area contributed by atoms with Crippen molar-refractivity contribution in [1.29, 1.82) is 5.26 Å². The third-order valence-corrected chi connectivity index (χ3v) is 2.99. The molecule has 23 heavy (non-hydrogen) atoms. The third kappa shape index (κ3) is 4.07. The van der Waals surface area contributed by atoms with Gasteiger partial charge in [0, 0.05) is 5.56 Å². The van der Waals surface area contributed by atoms with Crippen LogP contribution < -0.4 is 14.2 Å². The molecule has 2 aromatic carbocycles. The highest BCUT2D eigenvalue weighted by atomic mass is 19.4. The highest BCUT2D eigenvalue weighted by Crippen LogP contribution is 2.36. The molecule has 0 atom stereocenters. The van der Waals surface area contributed by atoms with Crippen molar-refractivity contribution in [2.75, 3.05) is 14.2 Å². The molecular formula is C16H12F3NO3. The third-order valence-electron chi connectivity index (χ3n) is 2.99. The van der Waals surface area contributed by atoms with Gasteiger partial charge in [-0.3, -0.25) is 0 Å². The van der Waals surface area contributed by atoms with Crippen LogP contribution in [0.15, 0.2) is 36.4 Å². The number of benzene rings is 2. The molecule has 0 N–H and O–H groups in total. The van der Waals surface area contributed by atoms with Crippen LogP contribution in [-0.2, 0) is 0 Å². The number of nitriles is 1. The quantitative estimate of drug-likeness (QED) is 0.848. The summed E-state index contributed by atoms with van der Waals surface area (Å²) in [6, 6.07) is 10.3. The zero-order valence-electron chi connectivity index (χ0n) is 12.3. The molecule has 0 amide bonds. The Kier molecular flexibility index (Phi) is 4.65. The van der Waals surface area contributed by atoms with E-state index in [1.807, 2.05) is 6.07 Å². The normalized spacial score (nSPS) is 10.8. The van der Waals surface area contributed by atoms with Gasteiger partial charge in [0.25, 0.3) is 0 Å².